The molecule has 0 aliphatic carbocycles. The van der Waals surface area contributed by atoms with E-state index in [0.717, 1.165) is 32.4 Å². The number of hydrogen-bond acceptors (Lipinski definition) is 1. The quantitative estimate of drug-likeness (QED) is 0.151. The van der Waals surface area contributed by atoms with Crippen molar-refractivity contribution >= 4 is 38.9 Å². The van der Waals surface area contributed by atoms with Crippen LogP contribution in [0.4, 0.5) is 17.1 Å². The topological polar surface area (TPSA) is 8.17 Å². The zero-order valence-electron chi connectivity index (χ0n) is 51.1. The van der Waals surface area contributed by atoms with Gasteiger partial charge in [0.1, 0.15) is 0 Å². The summed E-state index contributed by atoms with van der Waals surface area (Å²) in [6, 6.07) is 10.6. The zero-order valence-corrected chi connectivity index (χ0v) is 29.1. The SMILES string of the molecule is [2H]c1c([2H])c([2H])c(-c2c([2H])c([2H])c(-c3c([2H])c([2H])c(N(c4cccc(-c5ccc6c(c5)c5ccccc5n6-c5ccccc5)c4)c4c([2H])c([2H])c(-c5c([2H])c([2H])c([2H])c([2H])c5[2H])c([2H])c4[2H])c([2H])c3[2H])c([2H])c2[2H])c([2H])c1[2H]. The van der Waals surface area contributed by atoms with Crippen LogP contribution >= 0.6 is 0 Å². The highest BCUT2D eigenvalue weighted by atomic mass is 15.1. The lowest BCUT2D eigenvalue weighted by Gasteiger charge is -2.26. The molecule has 9 aromatic carbocycles. The van der Waals surface area contributed by atoms with Crippen molar-refractivity contribution in [2.24, 2.45) is 0 Å². The average Bonchev–Trinajstić information content (AvgIpc) is 3.94. The summed E-state index contributed by atoms with van der Waals surface area (Å²) in [4.78, 5) is 0.969. The third kappa shape index (κ3) is 6.24. The average molecular weight is 737 g/mol. The second-order valence-corrected chi connectivity index (χ2v) is 12.5. The summed E-state index contributed by atoms with van der Waals surface area (Å²) in [5.74, 6) is 0. The van der Waals surface area contributed by atoms with E-state index in [4.69, 9.17) is 19.2 Å². The monoisotopic (exact) mass is 736 g/mol. The van der Waals surface area contributed by atoms with E-state index in [2.05, 4.69) is 4.57 Å². The second-order valence-electron chi connectivity index (χ2n) is 12.5. The summed E-state index contributed by atoms with van der Waals surface area (Å²) >= 11 is 0. The molecule has 0 unspecified atom stereocenters. The van der Waals surface area contributed by atoms with Gasteiger partial charge < -0.3 is 9.47 Å². The van der Waals surface area contributed by atoms with Crippen LogP contribution in [0.2, 0.25) is 0 Å². The Balaban J connectivity index is 1.23. The van der Waals surface area contributed by atoms with Crippen LogP contribution in [0.15, 0.2) is 230 Å². The molecule has 1 heterocycles. The molecule has 0 aliphatic heterocycles. The fourth-order valence-electron chi connectivity index (χ4n) is 6.60. The standard InChI is InChI=1S/C54H38N2/c1-4-13-39(14-5-1)41-23-25-42(26-24-41)44-29-34-49(35-30-44)55(48-32-27-43(28-33-48)40-15-6-2-7-16-40)50-20-12-17-45(37-50)46-31-36-54-52(38-46)51-21-10-11-22-53(51)56(54)47-18-8-3-9-19-47/h1-38H/i1D,2D,4D,5D,6D,7D,13D,14D,15D,16D,23D,24D,25D,26D,27D,28D,29D,30D,32D,33D,34D,35D. The first-order valence-corrected chi connectivity index (χ1v) is 17.4. The van der Waals surface area contributed by atoms with E-state index in [0.29, 0.717) is 11.1 Å². The molecule has 264 valence electrons. The van der Waals surface area contributed by atoms with E-state index in [-0.39, 0.29) is 5.69 Å². The Hall–Kier alpha value is -7.42. The zero-order chi connectivity index (χ0) is 56.4. The molecular formula is C54H38N2. The highest BCUT2D eigenvalue weighted by Gasteiger charge is 2.16. The van der Waals surface area contributed by atoms with E-state index in [1.54, 1.807) is 18.2 Å². The molecule has 10 aromatic rings. The molecule has 0 saturated heterocycles. The highest BCUT2D eigenvalue weighted by molar-refractivity contribution is 6.10. The summed E-state index contributed by atoms with van der Waals surface area (Å²) in [7, 11) is 0. The first-order valence-electron chi connectivity index (χ1n) is 28.4. The molecule has 10 rings (SSSR count). The summed E-state index contributed by atoms with van der Waals surface area (Å²) < 4.78 is 198. The van der Waals surface area contributed by atoms with Crippen LogP contribution < -0.4 is 4.90 Å². The normalized spacial score (nSPS) is 16.7. The molecule has 0 radical (unpaired) electrons. The van der Waals surface area contributed by atoms with Crippen LogP contribution in [0.3, 0.4) is 0 Å². The van der Waals surface area contributed by atoms with E-state index >= 15 is 0 Å². The predicted octanol–water partition coefficient (Wildman–Crippen LogP) is 14.9. The summed E-state index contributed by atoms with van der Waals surface area (Å²) in [5.41, 5.74) is -1.60. The molecule has 0 saturated carbocycles. The second kappa shape index (κ2) is 14.4. The lowest BCUT2D eigenvalue weighted by molar-refractivity contribution is 1.18. The Morgan fingerprint density at radius 1 is 0.321 bits per heavy atom. The number of rotatable bonds is 8. The van der Waals surface area contributed by atoms with Crippen molar-refractivity contribution in [3.05, 3.63) is 230 Å². The maximum Gasteiger partial charge on any atom is 0.0645 e. The van der Waals surface area contributed by atoms with Gasteiger partial charge in [-0.3, -0.25) is 0 Å². The minimum absolute atomic E-state index is 0.0311. The first kappa shape index (κ1) is 17.4. The smallest absolute Gasteiger partial charge is 0.0645 e. The van der Waals surface area contributed by atoms with Gasteiger partial charge in [0.15, 0.2) is 0 Å². The fraction of sp³-hybridized carbons (Fsp3) is 0. The number of hydrogen-bond donors (Lipinski definition) is 0. The number of fused-ring (bicyclic) bond motifs is 3. The van der Waals surface area contributed by atoms with E-state index < -0.39 is 178 Å². The molecule has 0 N–H and O–H groups in total. The number of nitrogens with zero attached hydrogens (tertiary/aromatic N) is 2. The van der Waals surface area contributed by atoms with Gasteiger partial charge in [-0.15, -0.1) is 0 Å². The Morgan fingerprint density at radius 3 is 1.39 bits per heavy atom. The lowest BCUT2D eigenvalue weighted by Crippen LogP contribution is -2.10. The van der Waals surface area contributed by atoms with Crippen molar-refractivity contribution in [3.63, 3.8) is 0 Å². The molecule has 0 aliphatic rings. The Bertz CT molecular complexity index is 4100. The van der Waals surface area contributed by atoms with Crippen LogP contribution in [-0.2, 0) is 0 Å². The van der Waals surface area contributed by atoms with Gasteiger partial charge in [0.05, 0.1) is 41.2 Å². The minimum Gasteiger partial charge on any atom is -0.310 e. The van der Waals surface area contributed by atoms with E-state index in [1.807, 2.05) is 72.8 Å². The maximum atomic E-state index is 9.62. The molecule has 2 heteroatoms. The largest absolute Gasteiger partial charge is 0.310 e. The predicted molar refractivity (Wildman–Crippen MR) is 237 cm³/mol. The van der Waals surface area contributed by atoms with Gasteiger partial charge in [0.2, 0.25) is 0 Å². The van der Waals surface area contributed by atoms with Crippen molar-refractivity contribution in [1.82, 2.24) is 4.57 Å². The number of benzene rings is 9. The van der Waals surface area contributed by atoms with Crippen LogP contribution in [-0.4, -0.2) is 4.57 Å². The van der Waals surface area contributed by atoms with Crippen molar-refractivity contribution in [1.29, 1.82) is 0 Å². The first-order chi connectivity index (χ1) is 36.9. The van der Waals surface area contributed by atoms with Gasteiger partial charge in [0.25, 0.3) is 0 Å². The molecule has 0 amide bonds. The number of anilines is 3. The van der Waals surface area contributed by atoms with Crippen LogP contribution in [0.1, 0.15) is 30.2 Å². The van der Waals surface area contributed by atoms with Gasteiger partial charge in [-0.05, 0) is 111 Å². The third-order valence-corrected chi connectivity index (χ3v) is 9.17. The molecule has 56 heavy (non-hydrogen) atoms. The molecular weight excluding hydrogens is 677 g/mol. The van der Waals surface area contributed by atoms with Gasteiger partial charge in [-0.2, -0.15) is 0 Å². The summed E-state index contributed by atoms with van der Waals surface area (Å²) in [5, 5.41) is 1.79. The van der Waals surface area contributed by atoms with E-state index in [9.17, 15) is 11.0 Å². The maximum absolute atomic E-state index is 9.62. The number of para-hydroxylation sites is 2. The fourth-order valence-corrected chi connectivity index (χ4v) is 6.60. The summed E-state index contributed by atoms with van der Waals surface area (Å²) in [6.07, 6.45) is 0. The molecule has 0 spiro atoms. The Kier molecular flexibility index (Phi) is 4.48. The third-order valence-electron chi connectivity index (χ3n) is 9.17. The molecule has 0 bridgehead atoms. The highest BCUT2D eigenvalue weighted by Crippen LogP contribution is 2.40. The van der Waals surface area contributed by atoms with Crippen LogP contribution in [0.25, 0.3) is 72.0 Å². The lowest BCUT2D eigenvalue weighted by atomic mass is 9.99. The summed E-state index contributed by atoms with van der Waals surface area (Å²) in [6.45, 7) is 0. The minimum atomic E-state index is -0.949. The van der Waals surface area contributed by atoms with Gasteiger partial charge in [-0.25, -0.2) is 0 Å². The molecule has 0 atom stereocenters. The van der Waals surface area contributed by atoms with Gasteiger partial charge in [-0.1, -0.05) is 163 Å². The number of aromatic nitrogens is 1. The van der Waals surface area contributed by atoms with E-state index in [1.165, 1.54) is 6.07 Å². The Labute approximate surface area is 358 Å². The van der Waals surface area contributed by atoms with Crippen molar-refractivity contribution in [2.45, 2.75) is 0 Å². The van der Waals surface area contributed by atoms with Crippen molar-refractivity contribution < 1.29 is 30.2 Å². The molecule has 1 aromatic heterocycles. The van der Waals surface area contributed by atoms with Crippen LogP contribution in [0.5, 0.6) is 0 Å². The Morgan fingerprint density at radius 2 is 0.804 bits per heavy atom. The van der Waals surface area contributed by atoms with Gasteiger partial charge >= 0.3 is 0 Å². The van der Waals surface area contributed by atoms with Crippen molar-refractivity contribution in [3.8, 4) is 50.2 Å². The van der Waals surface area contributed by atoms with Crippen molar-refractivity contribution in [2.75, 3.05) is 4.90 Å². The van der Waals surface area contributed by atoms with Crippen LogP contribution in [0, 0.1) is 0 Å². The molecule has 0 fully saturated rings. The van der Waals surface area contributed by atoms with Gasteiger partial charge in [0, 0.05) is 33.5 Å². The molecule has 2 nitrogen and oxygen atoms in total.